The molecule has 1 aliphatic carbocycles. The average molecular weight is 297 g/mol. The molecule has 1 aromatic rings. The molecule has 0 amide bonds. The van der Waals surface area contributed by atoms with Crippen LogP contribution in [0, 0.1) is 5.92 Å². The largest absolute Gasteiger partial charge is 0.272 e. The van der Waals surface area contributed by atoms with E-state index in [1.807, 2.05) is 19.2 Å². The van der Waals surface area contributed by atoms with Gasteiger partial charge in [0.2, 0.25) is 0 Å². The molecule has 1 aromatic heterocycles. The van der Waals surface area contributed by atoms with Gasteiger partial charge in [0.1, 0.15) is 0 Å². The van der Waals surface area contributed by atoms with E-state index in [4.69, 9.17) is 0 Å². The lowest BCUT2D eigenvalue weighted by atomic mass is 10.0. The highest BCUT2D eigenvalue weighted by molar-refractivity contribution is 6.14. The predicted molar refractivity (Wildman–Crippen MR) is 94.1 cm³/mol. The van der Waals surface area contributed by atoms with Crippen LogP contribution >= 0.6 is 0 Å². The van der Waals surface area contributed by atoms with Crippen molar-refractivity contribution < 1.29 is 0 Å². The Morgan fingerprint density at radius 1 is 1.41 bits per heavy atom. The van der Waals surface area contributed by atoms with Crippen LogP contribution in [-0.2, 0) is 6.54 Å². The first-order valence-electron chi connectivity index (χ1n) is 8.17. The zero-order chi connectivity index (χ0) is 15.9. The molecule has 0 saturated heterocycles. The SMILES string of the molecule is C=CN=C(C(/C=C\C)=C(C)C)c1cnn(CC2CCCC2)c1. The molecule has 1 heterocycles. The fraction of sp³-hybridized carbons (Fsp3) is 0.474. The predicted octanol–water partition coefficient (Wildman–Crippen LogP) is 4.92. The molecule has 1 aliphatic rings. The van der Waals surface area contributed by atoms with Gasteiger partial charge < -0.3 is 0 Å². The van der Waals surface area contributed by atoms with Crippen molar-refractivity contribution in [3.63, 3.8) is 0 Å². The highest BCUT2D eigenvalue weighted by Crippen LogP contribution is 2.26. The standard InChI is InChI=1S/C19H27N3/c1-5-9-18(15(3)4)19(20-6-2)17-12-21-22(14-17)13-16-10-7-8-11-16/h5-6,9,12,14,16H,2,7-8,10-11,13H2,1,3-4H3/b9-5-,20-19?. The highest BCUT2D eigenvalue weighted by atomic mass is 15.3. The lowest BCUT2D eigenvalue weighted by molar-refractivity contribution is 0.429. The first-order chi connectivity index (χ1) is 10.7. The second kappa shape index (κ2) is 7.92. The smallest absolute Gasteiger partial charge is 0.0804 e. The zero-order valence-electron chi connectivity index (χ0n) is 14.0. The third kappa shape index (κ3) is 4.06. The molecule has 22 heavy (non-hydrogen) atoms. The van der Waals surface area contributed by atoms with E-state index in [9.17, 15) is 0 Å². The van der Waals surface area contributed by atoms with E-state index in [0.717, 1.165) is 29.3 Å². The maximum Gasteiger partial charge on any atom is 0.0804 e. The molecule has 3 nitrogen and oxygen atoms in total. The van der Waals surface area contributed by atoms with E-state index in [1.165, 1.54) is 31.3 Å². The van der Waals surface area contributed by atoms with Crippen LogP contribution in [0.5, 0.6) is 0 Å². The van der Waals surface area contributed by atoms with Gasteiger partial charge in [0, 0.05) is 24.5 Å². The van der Waals surface area contributed by atoms with Crippen molar-refractivity contribution in [1.82, 2.24) is 9.78 Å². The molecule has 118 valence electrons. The van der Waals surface area contributed by atoms with E-state index < -0.39 is 0 Å². The van der Waals surface area contributed by atoms with Gasteiger partial charge in [-0.2, -0.15) is 5.10 Å². The van der Waals surface area contributed by atoms with Crippen molar-refractivity contribution >= 4 is 5.71 Å². The summed E-state index contributed by atoms with van der Waals surface area (Å²) in [6, 6.07) is 0. The minimum absolute atomic E-state index is 0.783. The van der Waals surface area contributed by atoms with Gasteiger partial charge in [0.25, 0.3) is 0 Å². The number of allylic oxidation sites excluding steroid dienone is 4. The van der Waals surface area contributed by atoms with Gasteiger partial charge in [0.15, 0.2) is 0 Å². The molecular weight excluding hydrogens is 270 g/mol. The van der Waals surface area contributed by atoms with Crippen LogP contribution in [0.4, 0.5) is 0 Å². The quantitative estimate of drug-likeness (QED) is 0.541. The Morgan fingerprint density at radius 2 is 2.14 bits per heavy atom. The number of nitrogens with zero attached hydrogens (tertiary/aromatic N) is 3. The maximum absolute atomic E-state index is 4.54. The van der Waals surface area contributed by atoms with Crippen molar-refractivity contribution in [2.75, 3.05) is 0 Å². The van der Waals surface area contributed by atoms with Crippen LogP contribution in [0.1, 0.15) is 52.0 Å². The van der Waals surface area contributed by atoms with Crippen molar-refractivity contribution in [2.45, 2.75) is 53.0 Å². The lowest BCUT2D eigenvalue weighted by Gasteiger charge is -2.09. The van der Waals surface area contributed by atoms with Crippen LogP contribution in [0.3, 0.4) is 0 Å². The van der Waals surface area contributed by atoms with Crippen molar-refractivity contribution in [3.05, 3.63) is 54.0 Å². The Balaban J connectivity index is 2.26. The first-order valence-corrected chi connectivity index (χ1v) is 8.17. The summed E-state index contributed by atoms with van der Waals surface area (Å²) >= 11 is 0. The molecule has 0 radical (unpaired) electrons. The summed E-state index contributed by atoms with van der Waals surface area (Å²) in [6.07, 6.45) is 15.2. The zero-order valence-corrected chi connectivity index (χ0v) is 14.0. The van der Waals surface area contributed by atoms with Crippen molar-refractivity contribution in [2.24, 2.45) is 10.9 Å². The fourth-order valence-electron chi connectivity index (χ4n) is 3.08. The summed E-state index contributed by atoms with van der Waals surface area (Å²) in [7, 11) is 0. The highest BCUT2D eigenvalue weighted by Gasteiger charge is 2.17. The van der Waals surface area contributed by atoms with E-state index in [1.54, 1.807) is 6.20 Å². The van der Waals surface area contributed by atoms with Crippen LogP contribution in [-0.4, -0.2) is 15.5 Å². The maximum atomic E-state index is 4.54. The van der Waals surface area contributed by atoms with Crippen LogP contribution in [0.2, 0.25) is 0 Å². The first kappa shape index (κ1) is 16.5. The fourth-order valence-corrected chi connectivity index (χ4v) is 3.08. The molecule has 1 fully saturated rings. The monoisotopic (exact) mass is 297 g/mol. The summed E-state index contributed by atoms with van der Waals surface area (Å²) in [5, 5.41) is 4.54. The molecule has 0 atom stereocenters. The van der Waals surface area contributed by atoms with Gasteiger partial charge >= 0.3 is 0 Å². The number of aromatic nitrogens is 2. The summed E-state index contributed by atoms with van der Waals surface area (Å²) in [6.45, 7) is 11.0. The second-order valence-corrected chi connectivity index (χ2v) is 6.18. The number of hydrogen-bond acceptors (Lipinski definition) is 2. The molecule has 2 rings (SSSR count). The van der Waals surface area contributed by atoms with Crippen LogP contribution in [0.25, 0.3) is 0 Å². The Morgan fingerprint density at radius 3 is 2.73 bits per heavy atom. The molecule has 1 saturated carbocycles. The van der Waals surface area contributed by atoms with E-state index in [0.29, 0.717) is 0 Å². The van der Waals surface area contributed by atoms with E-state index >= 15 is 0 Å². The number of hydrogen-bond donors (Lipinski definition) is 0. The molecule has 0 bridgehead atoms. The minimum Gasteiger partial charge on any atom is -0.272 e. The number of rotatable bonds is 6. The van der Waals surface area contributed by atoms with Crippen LogP contribution < -0.4 is 0 Å². The van der Waals surface area contributed by atoms with Crippen molar-refractivity contribution in [3.8, 4) is 0 Å². The molecule has 0 unspecified atom stereocenters. The normalized spacial score (nSPS) is 16.4. The third-order valence-electron chi connectivity index (χ3n) is 4.17. The molecule has 3 heteroatoms. The Labute approximate surface area is 134 Å². The van der Waals surface area contributed by atoms with Gasteiger partial charge in [-0.05, 0) is 45.1 Å². The summed E-state index contributed by atoms with van der Waals surface area (Å²) < 4.78 is 2.07. The number of aliphatic imine (C=N–C) groups is 1. The van der Waals surface area contributed by atoms with Crippen molar-refractivity contribution in [1.29, 1.82) is 0 Å². The Bertz CT molecular complexity index is 592. The Kier molecular flexibility index (Phi) is 5.93. The summed E-state index contributed by atoms with van der Waals surface area (Å²) in [5.74, 6) is 0.783. The van der Waals surface area contributed by atoms with E-state index in [2.05, 4.69) is 47.5 Å². The molecule has 0 N–H and O–H groups in total. The molecule has 0 aliphatic heterocycles. The average Bonchev–Trinajstić information content (AvgIpc) is 3.15. The Hall–Kier alpha value is -1.90. The van der Waals surface area contributed by atoms with Crippen LogP contribution in [0.15, 0.2) is 53.5 Å². The second-order valence-electron chi connectivity index (χ2n) is 6.18. The summed E-state index contributed by atoms with van der Waals surface area (Å²) in [5.41, 5.74) is 4.39. The van der Waals surface area contributed by atoms with Gasteiger partial charge in [-0.3, -0.25) is 9.67 Å². The van der Waals surface area contributed by atoms with E-state index in [-0.39, 0.29) is 0 Å². The lowest BCUT2D eigenvalue weighted by Crippen LogP contribution is -2.08. The van der Waals surface area contributed by atoms with Gasteiger partial charge in [-0.1, -0.05) is 37.1 Å². The summed E-state index contributed by atoms with van der Waals surface area (Å²) in [4.78, 5) is 4.50. The molecule has 0 spiro atoms. The minimum atomic E-state index is 0.783. The molecule has 0 aromatic carbocycles. The van der Waals surface area contributed by atoms with Gasteiger partial charge in [0.05, 0.1) is 11.9 Å². The third-order valence-corrected chi connectivity index (χ3v) is 4.17. The van der Waals surface area contributed by atoms with Gasteiger partial charge in [-0.15, -0.1) is 0 Å². The molecular formula is C19H27N3. The topological polar surface area (TPSA) is 30.2 Å². The van der Waals surface area contributed by atoms with Gasteiger partial charge in [-0.25, -0.2) is 0 Å².